The second-order valence-corrected chi connectivity index (χ2v) is 6.07. The van der Waals surface area contributed by atoms with Crippen LogP contribution >= 0.6 is 23.4 Å². The minimum absolute atomic E-state index is 0.196. The summed E-state index contributed by atoms with van der Waals surface area (Å²) >= 11 is 8.13. The minimum Gasteiger partial charge on any atom is -0.311 e. The van der Waals surface area contributed by atoms with E-state index in [0.717, 1.165) is 29.4 Å². The zero-order valence-electron chi connectivity index (χ0n) is 11.8. The maximum absolute atomic E-state index is 6.30. The van der Waals surface area contributed by atoms with Crippen molar-refractivity contribution in [3.8, 4) is 0 Å². The molecule has 2 rings (SSSR count). The molecule has 1 N–H and O–H groups in total. The van der Waals surface area contributed by atoms with Crippen molar-refractivity contribution >= 4 is 23.4 Å². The predicted octanol–water partition coefficient (Wildman–Crippen LogP) is 4.00. The standard InChI is InChI=1S/C15H20ClN3S/c1-3-9-19-15(13(16)10-18-19)14(17-2)11-20-12-7-5-4-6-8-12/h4-8,10,14,17H,3,9,11H2,1-2H3. The topological polar surface area (TPSA) is 29.9 Å². The summed E-state index contributed by atoms with van der Waals surface area (Å²) in [6.07, 6.45) is 2.79. The van der Waals surface area contributed by atoms with Crippen LogP contribution in [0.4, 0.5) is 0 Å². The molecule has 1 heterocycles. The highest BCUT2D eigenvalue weighted by atomic mass is 35.5. The van der Waals surface area contributed by atoms with Crippen LogP contribution in [0.1, 0.15) is 25.1 Å². The highest BCUT2D eigenvalue weighted by Crippen LogP contribution is 2.28. The van der Waals surface area contributed by atoms with Crippen LogP contribution in [0.5, 0.6) is 0 Å². The zero-order valence-corrected chi connectivity index (χ0v) is 13.4. The van der Waals surface area contributed by atoms with Crippen molar-refractivity contribution in [1.29, 1.82) is 0 Å². The largest absolute Gasteiger partial charge is 0.311 e. The van der Waals surface area contributed by atoms with Gasteiger partial charge in [-0.1, -0.05) is 36.7 Å². The third kappa shape index (κ3) is 3.78. The van der Waals surface area contributed by atoms with E-state index >= 15 is 0 Å². The van der Waals surface area contributed by atoms with Gasteiger partial charge in [0.15, 0.2) is 0 Å². The molecule has 0 saturated carbocycles. The van der Waals surface area contributed by atoms with Crippen LogP contribution in [-0.4, -0.2) is 22.6 Å². The highest BCUT2D eigenvalue weighted by molar-refractivity contribution is 7.99. The lowest BCUT2D eigenvalue weighted by molar-refractivity contribution is 0.524. The van der Waals surface area contributed by atoms with Gasteiger partial charge >= 0.3 is 0 Å². The van der Waals surface area contributed by atoms with Gasteiger partial charge in [-0.3, -0.25) is 4.68 Å². The van der Waals surface area contributed by atoms with Crippen molar-refractivity contribution < 1.29 is 0 Å². The number of aryl methyl sites for hydroxylation is 1. The van der Waals surface area contributed by atoms with Gasteiger partial charge in [-0.05, 0) is 25.6 Å². The van der Waals surface area contributed by atoms with E-state index in [1.165, 1.54) is 4.90 Å². The number of nitrogens with one attached hydrogen (secondary N) is 1. The monoisotopic (exact) mass is 309 g/mol. The quantitative estimate of drug-likeness (QED) is 0.784. The smallest absolute Gasteiger partial charge is 0.0834 e. The maximum Gasteiger partial charge on any atom is 0.0834 e. The van der Waals surface area contributed by atoms with Crippen LogP contribution in [-0.2, 0) is 6.54 Å². The number of hydrogen-bond acceptors (Lipinski definition) is 3. The third-order valence-corrected chi connectivity index (χ3v) is 4.50. The van der Waals surface area contributed by atoms with E-state index in [1.54, 1.807) is 6.20 Å². The van der Waals surface area contributed by atoms with Gasteiger partial charge in [0.25, 0.3) is 0 Å². The Morgan fingerprint density at radius 2 is 2.10 bits per heavy atom. The lowest BCUT2D eigenvalue weighted by Gasteiger charge is -2.18. The molecule has 0 aliphatic rings. The van der Waals surface area contributed by atoms with Crippen molar-refractivity contribution in [3.05, 3.63) is 47.2 Å². The Bertz CT molecular complexity index is 527. The molecule has 0 aliphatic heterocycles. The van der Waals surface area contributed by atoms with Gasteiger partial charge in [-0.2, -0.15) is 5.10 Å². The number of rotatable bonds is 7. The first kappa shape index (κ1) is 15.4. The molecule has 1 atom stereocenters. The Hall–Kier alpha value is -0.970. The lowest BCUT2D eigenvalue weighted by atomic mass is 10.2. The number of halogens is 1. The first-order chi connectivity index (χ1) is 9.76. The summed E-state index contributed by atoms with van der Waals surface area (Å²) in [6, 6.07) is 10.6. The van der Waals surface area contributed by atoms with Crippen LogP contribution in [0.3, 0.4) is 0 Å². The van der Waals surface area contributed by atoms with E-state index in [4.69, 9.17) is 11.6 Å². The fraction of sp³-hybridized carbons (Fsp3) is 0.400. The Balaban J connectivity index is 2.10. The van der Waals surface area contributed by atoms with Crippen molar-refractivity contribution in [2.24, 2.45) is 0 Å². The van der Waals surface area contributed by atoms with E-state index in [9.17, 15) is 0 Å². The van der Waals surface area contributed by atoms with Gasteiger partial charge in [-0.25, -0.2) is 0 Å². The van der Waals surface area contributed by atoms with E-state index < -0.39 is 0 Å². The Morgan fingerprint density at radius 1 is 1.35 bits per heavy atom. The summed E-state index contributed by atoms with van der Waals surface area (Å²) in [6.45, 7) is 3.04. The molecular weight excluding hydrogens is 290 g/mol. The molecule has 2 aromatic rings. The minimum atomic E-state index is 0.196. The summed E-state index contributed by atoms with van der Waals surface area (Å²) in [5, 5.41) is 8.46. The van der Waals surface area contributed by atoms with Crippen LogP contribution in [0.15, 0.2) is 41.4 Å². The van der Waals surface area contributed by atoms with Crippen molar-refractivity contribution in [2.45, 2.75) is 30.8 Å². The molecule has 0 fully saturated rings. The molecule has 20 heavy (non-hydrogen) atoms. The summed E-state index contributed by atoms with van der Waals surface area (Å²) in [7, 11) is 1.97. The van der Waals surface area contributed by atoms with E-state index in [1.807, 2.05) is 29.6 Å². The van der Waals surface area contributed by atoms with Crippen molar-refractivity contribution in [3.63, 3.8) is 0 Å². The highest BCUT2D eigenvalue weighted by Gasteiger charge is 2.18. The molecule has 108 valence electrons. The second-order valence-electron chi connectivity index (χ2n) is 4.57. The number of nitrogens with zero attached hydrogens (tertiary/aromatic N) is 2. The zero-order chi connectivity index (χ0) is 14.4. The number of hydrogen-bond donors (Lipinski definition) is 1. The molecule has 0 aliphatic carbocycles. The fourth-order valence-corrected chi connectivity index (χ4v) is 3.41. The summed E-state index contributed by atoms with van der Waals surface area (Å²) in [4.78, 5) is 1.27. The molecule has 0 radical (unpaired) electrons. The van der Waals surface area contributed by atoms with Gasteiger partial charge in [0.1, 0.15) is 0 Å². The van der Waals surface area contributed by atoms with Gasteiger partial charge in [0, 0.05) is 17.2 Å². The first-order valence-electron chi connectivity index (χ1n) is 6.82. The maximum atomic E-state index is 6.30. The van der Waals surface area contributed by atoms with E-state index in [0.29, 0.717) is 0 Å². The van der Waals surface area contributed by atoms with Crippen LogP contribution < -0.4 is 5.32 Å². The molecule has 0 spiro atoms. The molecule has 0 bridgehead atoms. The van der Waals surface area contributed by atoms with Gasteiger partial charge in [0.2, 0.25) is 0 Å². The average Bonchev–Trinajstić information content (AvgIpc) is 2.83. The molecular formula is C15H20ClN3S. The molecule has 1 aromatic heterocycles. The number of thioether (sulfide) groups is 1. The van der Waals surface area contributed by atoms with Crippen molar-refractivity contribution in [1.82, 2.24) is 15.1 Å². The average molecular weight is 310 g/mol. The van der Waals surface area contributed by atoms with E-state index in [-0.39, 0.29) is 6.04 Å². The van der Waals surface area contributed by atoms with Gasteiger partial charge in [-0.15, -0.1) is 11.8 Å². The lowest BCUT2D eigenvalue weighted by Crippen LogP contribution is -2.23. The Kier molecular flexibility index (Phi) is 5.95. The number of aromatic nitrogens is 2. The normalized spacial score (nSPS) is 12.6. The van der Waals surface area contributed by atoms with Gasteiger partial charge in [0.05, 0.1) is 23.0 Å². The summed E-state index contributed by atoms with van der Waals surface area (Å²) in [5.74, 6) is 0.926. The fourth-order valence-electron chi connectivity index (χ4n) is 2.10. The molecule has 5 heteroatoms. The summed E-state index contributed by atoms with van der Waals surface area (Å²) in [5.41, 5.74) is 1.08. The second kappa shape index (κ2) is 7.72. The molecule has 1 unspecified atom stereocenters. The summed E-state index contributed by atoms with van der Waals surface area (Å²) < 4.78 is 2.01. The van der Waals surface area contributed by atoms with Crippen molar-refractivity contribution in [2.75, 3.05) is 12.8 Å². The van der Waals surface area contributed by atoms with E-state index in [2.05, 4.69) is 41.6 Å². The van der Waals surface area contributed by atoms with Gasteiger partial charge < -0.3 is 5.32 Å². The Morgan fingerprint density at radius 3 is 2.75 bits per heavy atom. The third-order valence-electron chi connectivity index (χ3n) is 3.11. The predicted molar refractivity (Wildman–Crippen MR) is 86.5 cm³/mol. The van der Waals surface area contributed by atoms with Crippen LogP contribution in [0.2, 0.25) is 5.02 Å². The van der Waals surface area contributed by atoms with Crippen LogP contribution in [0, 0.1) is 0 Å². The Labute approximate surface area is 129 Å². The van der Waals surface area contributed by atoms with Crippen LogP contribution in [0.25, 0.3) is 0 Å². The molecule has 0 saturated heterocycles. The molecule has 3 nitrogen and oxygen atoms in total. The first-order valence-corrected chi connectivity index (χ1v) is 8.19. The molecule has 0 amide bonds. The molecule has 1 aromatic carbocycles. The SMILES string of the molecule is CCCn1ncc(Cl)c1C(CSc1ccccc1)NC. The number of benzene rings is 1.